The average Bonchev–Trinajstić information content (AvgIpc) is 3.27. The lowest BCUT2D eigenvalue weighted by atomic mass is 9.79. The minimum Gasteiger partial charge on any atom is -0.480 e. The van der Waals surface area contributed by atoms with Crippen LogP contribution in [-0.4, -0.2) is 55.5 Å². The van der Waals surface area contributed by atoms with E-state index in [9.17, 15) is 13.6 Å². The second-order valence-corrected chi connectivity index (χ2v) is 10.7. The standard InChI is InChI=1S/C29H29ClF4N2O4/c30-25-20(31)12-22-19(23(25)24-18(28(35)38)6-7-21(26(24)32)39-9-8-37)13-29(40-22,16-4-2-1-3-5-16)14-36-17-10-15(11-17)27(33)34/h1-7,12,15,17,21,26-27,36-37H,8-11,13-14H2,(H2,35,38)/t15?,17?,21-,26?,29+/m0/s1. The fourth-order valence-corrected chi connectivity index (χ4v) is 5.95. The van der Waals surface area contributed by atoms with Gasteiger partial charge in [0.05, 0.1) is 18.2 Å². The summed E-state index contributed by atoms with van der Waals surface area (Å²) < 4.78 is 69.2. The Kier molecular flexibility index (Phi) is 8.24. The predicted molar refractivity (Wildman–Crippen MR) is 141 cm³/mol. The number of halogens is 5. The lowest BCUT2D eigenvalue weighted by Gasteiger charge is -2.38. The molecule has 2 aromatic rings. The van der Waals surface area contributed by atoms with Crippen molar-refractivity contribution in [3.8, 4) is 5.75 Å². The van der Waals surface area contributed by atoms with E-state index in [1.807, 2.05) is 30.3 Å². The minimum atomic E-state index is -2.38. The van der Waals surface area contributed by atoms with Crippen molar-refractivity contribution in [1.29, 1.82) is 0 Å². The van der Waals surface area contributed by atoms with Crippen molar-refractivity contribution in [2.75, 3.05) is 19.8 Å². The van der Waals surface area contributed by atoms with Crippen molar-refractivity contribution in [1.82, 2.24) is 5.32 Å². The number of hydrogen-bond donors (Lipinski definition) is 3. The smallest absolute Gasteiger partial charge is 0.249 e. The summed E-state index contributed by atoms with van der Waals surface area (Å²) in [5.41, 5.74) is 5.15. The van der Waals surface area contributed by atoms with Crippen LogP contribution in [0.5, 0.6) is 5.75 Å². The van der Waals surface area contributed by atoms with E-state index in [0.29, 0.717) is 18.4 Å². The minimum absolute atomic E-state index is 0.0425. The lowest BCUT2D eigenvalue weighted by Crippen LogP contribution is -2.50. The number of carbonyl (C=O) groups excluding carboxylic acids is 1. The number of aliphatic hydroxyl groups is 1. The van der Waals surface area contributed by atoms with Gasteiger partial charge in [-0.2, -0.15) is 0 Å². The van der Waals surface area contributed by atoms with E-state index in [4.69, 9.17) is 31.9 Å². The molecule has 1 saturated carbocycles. The lowest BCUT2D eigenvalue weighted by molar-refractivity contribution is -0.114. The zero-order chi connectivity index (χ0) is 28.6. The van der Waals surface area contributed by atoms with E-state index in [1.165, 1.54) is 12.2 Å². The van der Waals surface area contributed by atoms with Crippen LogP contribution in [0, 0.1) is 11.7 Å². The number of primary amides is 1. The van der Waals surface area contributed by atoms with Crippen LogP contribution in [0.2, 0.25) is 5.02 Å². The normalized spacial score (nSPS) is 27.5. The van der Waals surface area contributed by atoms with Crippen LogP contribution >= 0.6 is 11.6 Å². The highest BCUT2D eigenvalue weighted by Gasteiger charge is 2.46. The second kappa shape index (κ2) is 11.5. The number of hydrogen-bond acceptors (Lipinski definition) is 5. The number of rotatable bonds is 10. The van der Waals surface area contributed by atoms with E-state index < -0.39 is 47.0 Å². The maximum atomic E-state index is 16.0. The van der Waals surface area contributed by atoms with Gasteiger partial charge < -0.3 is 25.6 Å². The molecular weight excluding hydrogens is 552 g/mol. The van der Waals surface area contributed by atoms with Crippen molar-refractivity contribution < 1.29 is 36.9 Å². The van der Waals surface area contributed by atoms with Gasteiger partial charge >= 0.3 is 0 Å². The first-order valence-electron chi connectivity index (χ1n) is 13.0. The molecule has 2 aliphatic carbocycles. The van der Waals surface area contributed by atoms with Gasteiger partial charge in [-0.3, -0.25) is 4.79 Å². The molecule has 3 atom stereocenters. The third-order valence-corrected chi connectivity index (χ3v) is 8.17. The fraction of sp³-hybridized carbons (Fsp3) is 0.414. The first kappa shape index (κ1) is 28.6. The second-order valence-electron chi connectivity index (χ2n) is 10.3. The van der Waals surface area contributed by atoms with E-state index in [-0.39, 0.29) is 54.7 Å². The van der Waals surface area contributed by atoms with Crippen LogP contribution < -0.4 is 15.8 Å². The predicted octanol–water partition coefficient (Wildman–Crippen LogP) is 4.47. The highest BCUT2D eigenvalue weighted by Crippen LogP contribution is 2.50. The van der Waals surface area contributed by atoms with Crippen LogP contribution in [-0.2, 0) is 21.6 Å². The number of amides is 1. The largest absolute Gasteiger partial charge is 0.480 e. The number of nitrogens with two attached hydrogens (primary N) is 1. The summed E-state index contributed by atoms with van der Waals surface area (Å²) >= 11 is 6.47. The Morgan fingerprint density at radius 1 is 1.27 bits per heavy atom. The highest BCUT2D eigenvalue weighted by atomic mass is 35.5. The van der Waals surface area contributed by atoms with Crippen LogP contribution in [0.15, 0.2) is 54.1 Å². The van der Waals surface area contributed by atoms with Gasteiger partial charge in [0, 0.05) is 53.3 Å². The third kappa shape index (κ3) is 5.25. The van der Waals surface area contributed by atoms with Crippen LogP contribution in [0.1, 0.15) is 29.5 Å². The fourth-order valence-electron chi connectivity index (χ4n) is 5.67. The van der Waals surface area contributed by atoms with Crippen molar-refractivity contribution >= 4 is 23.1 Å². The van der Waals surface area contributed by atoms with E-state index >= 15 is 8.78 Å². The van der Waals surface area contributed by atoms with Crippen molar-refractivity contribution in [2.24, 2.45) is 11.7 Å². The third-order valence-electron chi connectivity index (χ3n) is 7.80. The summed E-state index contributed by atoms with van der Waals surface area (Å²) in [6.07, 6.45) is -2.12. The van der Waals surface area contributed by atoms with Crippen LogP contribution in [0.25, 0.3) is 5.57 Å². The van der Waals surface area contributed by atoms with Gasteiger partial charge in [0.25, 0.3) is 0 Å². The Labute approximate surface area is 233 Å². The summed E-state index contributed by atoms with van der Waals surface area (Å²) in [4.78, 5) is 12.4. The quantitative estimate of drug-likeness (QED) is 0.361. The SMILES string of the molecule is NC(=O)C1=C(c2c(Cl)c(F)cc3c2C[C@@](CNC2CC(C(F)F)C2)(c2ccccc2)O3)C(F)[C@@H](OCCO)C=C1. The molecule has 4 N–H and O–H groups in total. The first-order chi connectivity index (χ1) is 19.1. The van der Waals surface area contributed by atoms with Gasteiger partial charge in [-0.25, -0.2) is 17.6 Å². The molecule has 0 aromatic heterocycles. The molecule has 40 heavy (non-hydrogen) atoms. The number of benzene rings is 2. The average molecular weight is 581 g/mol. The molecule has 214 valence electrons. The van der Waals surface area contributed by atoms with E-state index in [2.05, 4.69) is 5.32 Å². The van der Waals surface area contributed by atoms with Gasteiger partial charge in [0.2, 0.25) is 12.3 Å². The Bertz CT molecular complexity index is 1330. The number of ether oxygens (including phenoxy) is 2. The molecule has 1 amide bonds. The molecule has 11 heteroatoms. The molecule has 0 spiro atoms. The highest BCUT2D eigenvalue weighted by molar-refractivity contribution is 6.33. The monoisotopic (exact) mass is 580 g/mol. The zero-order valence-corrected chi connectivity index (χ0v) is 22.1. The molecular formula is C29H29ClF4N2O4. The molecule has 1 heterocycles. The molecule has 0 saturated heterocycles. The van der Waals surface area contributed by atoms with Gasteiger partial charge in [-0.05, 0) is 18.4 Å². The number of nitrogens with one attached hydrogen (secondary N) is 1. The number of fused-ring (bicyclic) bond motifs is 1. The van der Waals surface area contributed by atoms with Gasteiger partial charge in [0.1, 0.15) is 17.7 Å². The molecule has 2 aromatic carbocycles. The summed E-state index contributed by atoms with van der Waals surface area (Å²) in [5.74, 6) is -2.35. The van der Waals surface area contributed by atoms with Crippen molar-refractivity contribution in [3.05, 3.63) is 81.7 Å². The summed E-state index contributed by atoms with van der Waals surface area (Å²) in [6.45, 7) is -0.314. The van der Waals surface area contributed by atoms with Crippen molar-refractivity contribution in [2.45, 2.75) is 49.6 Å². The molecule has 1 aliphatic heterocycles. The van der Waals surface area contributed by atoms with Crippen molar-refractivity contribution in [3.63, 3.8) is 0 Å². The number of aliphatic hydroxyl groups excluding tert-OH is 1. The maximum Gasteiger partial charge on any atom is 0.249 e. The van der Waals surface area contributed by atoms with Gasteiger partial charge in [-0.1, -0.05) is 54.1 Å². The summed E-state index contributed by atoms with van der Waals surface area (Å²) in [7, 11) is 0. The summed E-state index contributed by atoms with van der Waals surface area (Å²) in [6, 6.07) is 10.1. The first-order valence-corrected chi connectivity index (χ1v) is 13.4. The Hall–Kier alpha value is -2.92. The Morgan fingerprint density at radius 3 is 2.65 bits per heavy atom. The Morgan fingerprint density at radius 2 is 2.00 bits per heavy atom. The van der Waals surface area contributed by atoms with Crippen LogP contribution in [0.3, 0.4) is 0 Å². The number of carbonyl (C=O) groups is 1. The van der Waals surface area contributed by atoms with Crippen LogP contribution in [0.4, 0.5) is 17.6 Å². The molecule has 3 aliphatic rings. The summed E-state index contributed by atoms with van der Waals surface area (Å²) in [5, 5.41) is 12.1. The van der Waals surface area contributed by atoms with Gasteiger partial charge in [-0.15, -0.1) is 0 Å². The topological polar surface area (TPSA) is 93.8 Å². The molecule has 0 bridgehead atoms. The molecule has 6 nitrogen and oxygen atoms in total. The number of alkyl halides is 3. The van der Waals surface area contributed by atoms with E-state index in [0.717, 1.165) is 11.6 Å². The molecule has 5 rings (SSSR count). The van der Waals surface area contributed by atoms with E-state index in [1.54, 1.807) is 0 Å². The maximum absolute atomic E-state index is 16.0. The zero-order valence-electron chi connectivity index (χ0n) is 21.4. The molecule has 0 radical (unpaired) electrons. The molecule has 1 unspecified atom stereocenters. The van der Waals surface area contributed by atoms with Gasteiger partial charge in [0.15, 0.2) is 11.8 Å². The molecule has 1 fully saturated rings. The Balaban J connectivity index is 1.56.